The number of amides is 1. The van der Waals surface area contributed by atoms with E-state index >= 15 is 0 Å². The second kappa shape index (κ2) is 8.22. The van der Waals surface area contributed by atoms with Crippen molar-refractivity contribution in [2.75, 3.05) is 10.6 Å². The Balaban J connectivity index is 1.86. The average Bonchev–Trinajstić information content (AvgIpc) is 2.60. The second-order valence-electron chi connectivity index (χ2n) is 6.31. The highest BCUT2D eigenvalue weighted by atomic mass is 35.5. The van der Waals surface area contributed by atoms with Crippen molar-refractivity contribution in [2.45, 2.75) is 20.4 Å². The first kappa shape index (κ1) is 19.6. The van der Waals surface area contributed by atoms with E-state index in [1.165, 1.54) is 22.8 Å². The summed E-state index contributed by atoms with van der Waals surface area (Å²) in [4.78, 5) is 29.2. The summed E-state index contributed by atoms with van der Waals surface area (Å²) in [5, 5.41) is 5.72. The van der Waals surface area contributed by atoms with Gasteiger partial charge in [0, 0.05) is 17.4 Å². The molecule has 8 heteroatoms. The van der Waals surface area contributed by atoms with E-state index in [1.54, 1.807) is 6.92 Å². The Morgan fingerprint density at radius 3 is 2.68 bits per heavy atom. The van der Waals surface area contributed by atoms with Gasteiger partial charge >= 0.3 is 0 Å². The predicted molar refractivity (Wildman–Crippen MR) is 108 cm³/mol. The van der Waals surface area contributed by atoms with Gasteiger partial charge < -0.3 is 10.6 Å². The largest absolute Gasteiger partial charge is 0.326 e. The van der Waals surface area contributed by atoms with Crippen LogP contribution in [0.5, 0.6) is 0 Å². The normalized spacial score (nSPS) is 10.6. The molecule has 3 aromatic rings. The van der Waals surface area contributed by atoms with Crippen LogP contribution in [0.1, 0.15) is 11.3 Å². The molecule has 2 aromatic carbocycles. The highest BCUT2D eigenvalue weighted by Gasteiger charge is 2.13. The van der Waals surface area contributed by atoms with Gasteiger partial charge in [0.25, 0.3) is 5.56 Å². The number of carbonyl (C=O) groups is 1. The molecule has 0 radical (unpaired) electrons. The molecule has 0 bridgehead atoms. The van der Waals surface area contributed by atoms with Gasteiger partial charge in [0.1, 0.15) is 12.4 Å². The van der Waals surface area contributed by atoms with Gasteiger partial charge in [0.2, 0.25) is 11.9 Å². The van der Waals surface area contributed by atoms with Crippen LogP contribution in [0.2, 0.25) is 5.02 Å². The van der Waals surface area contributed by atoms with E-state index in [-0.39, 0.29) is 28.8 Å². The lowest BCUT2D eigenvalue weighted by Crippen LogP contribution is -2.30. The molecule has 0 aliphatic carbocycles. The number of nitrogens with one attached hydrogen (secondary N) is 2. The maximum absolute atomic E-state index is 13.2. The molecular formula is C20H18ClFN4O2. The van der Waals surface area contributed by atoms with E-state index in [4.69, 9.17) is 11.6 Å². The Morgan fingerprint density at radius 1 is 1.18 bits per heavy atom. The standard InChI is InChI=1S/C20H18ClFN4O2/c1-12-4-3-5-15(8-12)24-20-23-13(2)9-19(28)26(20)11-18(27)25-17-7-6-14(22)10-16(17)21/h3-10H,11H2,1-2H3,(H,23,24)(H,25,27). The molecular weight excluding hydrogens is 383 g/mol. The molecule has 3 rings (SSSR count). The van der Waals surface area contributed by atoms with Crippen molar-refractivity contribution in [1.29, 1.82) is 0 Å². The summed E-state index contributed by atoms with van der Waals surface area (Å²) in [7, 11) is 0. The maximum atomic E-state index is 13.2. The maximum Gasteiger partial charge on any atom is 0.255 e. The number of aryl methyl sites for hydroxylation is 2. The van der Waals surface area contributed by atoms with Crippen molar-refractivity contribution in [1.82, 2.24) is 9.55 Å². The Bertz CT molecular complexity index is 1100. The van der Waals surface area contributed by atoms with Crippen molar-refractivity contribution in [2.24, 2.45) is 0 Å². The van der Waals surface area contributed by atoms with Crippen LogP contribution in [0.3, 0.4) is 0 Å². The molecule has 0 unspecified atom stereocenters. The minimum atomic E-state index is -0.508. The van der Waals surface area contributed by atoms with Crippen LogP contribution >= 0.6 is 11.6 Å². The van der Waals surface area contributed by atoms with Crippen LogP contribution in [0, 0.1) is 19.7 Å². The van der Waals surface area contributed by atoms with Crippen molar-refractivity contribution in [3.63, 3.8) is 0 Å². The number of halogens is 2. The van der Waals surface area contributed by atoms with Crippen LogP contribution in [0.4, 0.5) is 21.7 Å². The van der Waals surface area contributed by atoms with Gasteiger partial charge in [-0.3, -0.25) is 14.2 Å². The highest BCUT2D eigenvalue weighted by molar-refractivity contribution is 6.33. The number of aromatic nitrogens is 2. The van der Waals surface area contributed by atoms with Gasteiger partial charge in [-0.15, -0.1) is 0 Å². The van der Waals surface area contributed by atoms with Crippen molar-refractivity contribution in [3.05, 3.63) is 81.0 Å². The first-order chi connectivity index (χ1) is 13.3. The lowest BCUT2D eigenvalue weighted by atomic mass is 10.2. The van der Waals surface area contributed by atoms with E-state index in [0.29, 0.717) is 5.69 Å². The Kier molecular flexibility index (Phi) is 5.75. The molecule has 6 nitrogen and oxygen atoms in total. The molecule has 0 saturated carbocycles. The van der Waals surface area contributed by atoms with Crippen LogP contribution in [0.25, 0.3) is 0 Å². The first-order valence-corrected chi connectivity index (χ1v) is 8.87. The van der Waals surface area contributed by atoms with Gasteiger partial charge in [-0.05, 0) is 49.7 Å². The van der Waals surface area contributed by atoms with Gasteiger partial charge in [-0.1, -0.05) is 23.7 Å². The minimum Gasteiger partial charge on any atom is -0.326 e. The summed E-state index contributed by atoms with van der Waals surface area (Å²) in [6.45, 7) is 3.36. The smallest absolute Gasteiger partial charge is 0.255 e. The van der Waals surface area contributed by atoms with Crippen molar-refractivity contribution < 1.29 is 9.18 Å². The number of carbonyl (C=O) groups excluding carboxylic acids is 1. The topological polar surface area (TPSA) is 76.0 Å². The summed E-state index contributed by atoms with van der Waals surface area (Å²) >= 11 is 5.93. The van der Waals surface area contributed by atoms with Gasteiger partial charge in [0.05, 0.1) is 10.7 Å². The molecule has 0 aliphatic rings. The molecule has 144 valence electrons. The number of anilines is 3. The summed E-state index contributed by atoms with van der Waals surface area (Å²) in [6.07, 6.45) is 0. The fourth-order valence-electron chi connectivity index (χ4n) is 2.65. The molecule has 0 aliphatic heterocycles. The van der Waals surface area contributed by atoms with E-state index in [1.807, 2.05) is 31.2 Å². The third-order valence-corrected chi connectivity index (χ3v) is 4.23. The number of benzene rings is 2. The number of nitrogens with zero attached hydrogens (tertiary/aromatic N) is 2. The lowest BCUT2D eigenvalue weighted by molar-refractivity contribution is -0.116. The summed E-state index contributed by atoms with van der Waals surface area (Å²) in [5.41, 5.74) is 2.19. The fourth-order valence-corrected chi connectivity index (χ4v) is 2.86. The van der Waals surface area contributed by atoms with E-state index < -0.39 is 11.7 Å². The van der Waals surface area contributed by atoms with Crippen LogP contribution in [-0.2, 0) is 11.3 Å². The van der Waals surface area contributed by atoms with E-state index in [0.717, 1.165) is 17.3 Å². The average molecular weight is 401 g/mol. The Labute approximate surface area is 166 Å². The second-order valence-corrected chi connectivity index (χ2v) is 6.72. The third kappa shape index (κ3) is 4.75. The third-order valence-electron chi connectivity index (χ3n) is 3.92. The van der Waals surface area contributed by atoms with E-state index in [9.17, 15) is 14.0 Å². The van der Waals surface area contributed by atoms with Gasteiger partial charge in [-0.2, -0.15) is 0 Å². The highest BCUT2D eigenvalue weighted by Crippen LogP contribution is 2.22. The molecule has 0 fully saturated rings. The Hall–Kier alpha value is -3.19. The zero-order valence-corrected chi connectivity index (χ0v) is 16.0. The van der Waals surface area contributed by atoms with Crippen LogP contribution < -0.4 is 16.2 Å². The zero-order chi connectivity index (χ0) is 20.3. The van der Waals surface area contributed by atoms with Gasteiger partial charge in [-0.25, -0.2) is 9.37 Å². The zero-order valence-electron chi connectivity index (χ0n) is 15.3. The van der Waals surface area contributed by atoms with Crippen LogP contribution in [0.15, 0.2) is 53.3 Å². The summed E-state index contributed by atoms with van der Waals surface area (Å²) in [6, 6.07) is 12.5. The number of hydrogen-bond donors (Lipinski definition) is 2. The summed E-state index contributed by atoms with van der Waals surface area (Å²) < 4.78 is 14.4. The molecule has 0 atom stereocenters. The SMILES string of the molecule is Cc1cccc(Nc2nc(C)cc(=O)n2CC(=O)Nc2ccc(F)cc2Cl)c1. The predicted octanol–water partition coefficient (Wildman–Crippen LogP) is 4.03. The minimum absolute atomic E-state index is 0.0702. The van der Waals surface area contributed by atoms with E-state index in [2.05, 4.69) is 15.6 Å². The number of hydrogen-bond acceptors (Lipinski definition) is 4. The Morgan fingerprint density at radius 2 is 1.96 bits per heavy atom. The monoisotopic (exact) mass is 400 g/mol. The quantitative estimate of drug-likeness (QED) is 0.677. The molecule has 2 N–H and O–H groups in total. The first-order valence-electron chi connectivity index (χ1n) is 8.49. The van der Waals surface area contributed by atoms with Gasteiger partial charge in [0.15, 0.2) is 0 Å². The van der Waals surface area contributed by atoms with Crippen LogP contribution in [-0.4, -0.2) is 15.5 Å². The molecule has 0 spiro atoms. The molecule has 1 heterocycles. The van der Waals surface area contributed by atoms with Crippen molar-refractivity contribution in [3.8, 4) is 0 Å². The molecule has 28 heavy (non-hydrogen) atoms. The molecule has 1 aromatic heterocycles. The molecule has 0 saturated heterocycles. The lowest BCUT2D eigenvalue weighted by Gasteiger charge is -2.15. The van der Waals surface area contributed by atoms with Crippen molar-refractivity contribution >= 4 is 34.8 Å². The summed E-state index contributed by atoms with van der Waals surface area (Å²) in [5.74, 6) is -0.754. The molecule has 1 amide bonds. The number of rotatable bonds is 5. The fraction of sp³-hybridized carbons (Fsp3) is 0.150.